The maximum absolute atomic E-state index is 13.6. The molecule has 0 aliphatic carbocycles. The molecule has 5 rings (SSSR count). The average Bonchev–Trinajstić information content (AvgIpc) is 3.12. The van der Waals surface area contributed by atoms with Crippen molar-refractivity contribution in [3.05, 3.63) is 106 Å². The Morgan fingerprint density at radius 1 is 1.10 bits per heavy atom. The van der Waals surface area contributed by atoms with E-state index in [9.17, 15) is 14.0 Å². The molecule has 6 heteroatoms. The molecule has 4 aromatic rings. The van der Waals surface area contributed by atoms with Crippen LogP contribution in [0.3, 0.4) is 0 Å². The van der Waals surface area contributed by atoms with E-state index in [0.717, 1.165) is 23.2 Å². The van der Waals surface area contributed by atoms with Crippen LogP contribution in [0.4, 0.5) is 10.1 Å². The highest BCUT2D eigenvalue weighted by Crippen LogP contribution is 2.33. The first-order valence-corrected chi connectivity index (χ1v) is 10.2. The first kappa shape index (κ1) is 19.2. The molecule has 0 bridgehead atoms. The fourth-order valence-corrected chi connectivity index (χ4v) is 4.28. The number of hydrogen-bond donors (Lipinski definition) is 0. The van der Waals surface area contributed by atoms with E-state index in [2.05, 4.69) is 4.98 Å². The van der Waals surface area contributed by atoms with Crippen LogP contribution in [0.15, 0.2) is 77.7 Å². The van der Waals surface area contributed by atoms with Crippen molar-refractivity contribution in [2.24, 2.45) is 0 Å². The Balaban J connectivity index is 1.64. The SMILES string of the molecule is C[C@H]1Cc2ccccc2N1C(=O)c1cc2cccnc2n(Cc2ccc(F)cc2)c1=O. The molecule has 0 radical (unpaired) electrons. The summed E-state index contributed by atoms with van der Waals surface area (Å²) in [5, 5.41) is 0.702. The number of hydrogen-bond acceptors (Lipinski definition) is 3. The molecule has 0 N–H and O–H groups in total. The second kappa shape index (κ2) is 7.47. The van der Waals surface area contributed by atoms with Crippen molar-refractivity contribution in [1.29, 1.82) is 0 Å². The molecule has 3 heterocycles. The lowest BCUT2D eigenvalue weighted by molar-refractivity contribution is 0.0979. The Hall–Kier alpha value is -3.80. The van der Waals surface area contributed by atoms with Gasteiger partial charge in [-0.1, -0.05) is 30.3 Å². The van der Waals surface area contributed by atoms with E-state index < -0.39 is 5.56 Å². The van der Waals surface area contributed by atoms with Crippen molar-refractivity contribution in [3.63, 3.8) is 0 Å². The number of carbonyl (C=O) groups excluding carboxylic acids is 1. The standard InChI is InChI=1S/C25H20FN3O2/c1-16-13-18-5-2-3-7-22(18)29(16)25(31)21-14-19-6-4-12-27-23(19)28(24(21)30)15-17-8-10-20(26)11-9-17/h2-12,14,16H,13,15H2,1H3/t16-/m0/s1. The first-order valence-electron chi connectivity index (χ1n) is 10.2. The third kappa shape index (κ3) is 3.30. The van der Waals surface area contributed by atoms with Crippen LogP contribution in [0.5, 0.6) is 0 Å². The van der Waals surface area contributed by atoms with E-state index in [-0.39, 0.29) is 29.9 Å². The van der Waals surface area contributed by atoms with Crippen molar-refractivity contribution in [1.82, 2.24) is 9.55 Å². The molecule has 0 fully saturated rings. The molecule has 0 saturated carbocycles. The normalized spacial score (nSPS) is 15.3. The van der Waals surface area contributed by atoms with Gasteiger partial charge in [-0.15, -0.1) is 0 Å². The highest BCUT2D eigenvalue weighted by molar-refractivity contribution is 6.08. The molecule has 2 aromatic heterocycles. The maximum Gasteiger partial charge on any atom is 0.265 e. The summed E-state index contributed by atoms with van der Waals surface area (Å²) in [5.74, 6) is -0.661. The summed E-state index contributed by atoms with van der Waals surface area (Å²) in [5.41, 5.74) is 2.87. The first-order chi connectivity index (χ1) is 15.0. The van der Waals surface area contributed by atoms with E-state index in [4.69, 9.17) is 0 Å². The zero-order valence-electron chi connectivity index (χ0n) is 17.0. The lowest BCUT2D eigenvalue weighted by Crippen LogP contribution is -2.40. The van der Waals surface area contributed by atoms with Gasteiger partial charge in [0.25, 0.3) is 11.5 Å². The topological polar surface area (TPSA) is 55.2 Å². The summed E-state index contributed by atoms with van der Waals surface area (Å²) in [7, 11) is 0. The molecule has 0 spiro atoms. The van der Waals surface area contributed by atoms with Gasteiger partial charge in [0.1, 0.15) is 17.0 Å². The van der Waals surface area contributed by atoms with E-state index >= 15 is 0 Å². The minimum atomic E-state index is -0.405. The van der Waals surface area contributed by atoms with Crippen LogP contribution in [0.1, 0.15) is 28.4 Å². The van der Waals surface area contributed by atoms with Crippen LogP contribution in [0.2, 0.25) is 0 Å². The average molecular weight is 413 g/mol. The van der Waals surface area contributed by atoms with Gasteiger partial charge in [-0.3, -0.25) is 14.2 Å². The molecule has 0 saturated heterocycles. The predicted octanol–water partition coefficient (Wildman–Crippen LogP) is 4.18. The van der Waals surface area contributed by atoms with Crippen molar-refractivity contribution in [3.8, 4) is 0 Å². The molecule has 2 aromatic carbocycles. The Morgan fingerprint density at radius 2 is 1.87 bits per heavy atom. The van der Waals surface area contributed by atoms with Gasteiger partial charge in [-0.05, 0) is 60.9 Å². The summed E-state index contributed by atoms with van der Waals surface area (Å²) in [6, 6.07) is 18.9. The van der Waals surface area contributed by atoms with Crippen LogP contribution < -0.4 is 10.5 Å². The number of fused-ring (bicyclic) bond motifs is 2. The molecule has 1 aliphatic heterocycles. The minimum Gasteiger partial charge on any atom is -0.305 e. The summed E-state index contributed by atoms with van der Waals surface area (Å²) < 4.78 is 14.8. The number of nitrogens with zero attached hydrogens (tertiary/aromatic N) is 3. The fraction of sp³-hybridized carbons (Fsp3) is 0.160. The number of para-hydroxylation sites is 1. The summed E-state index contributed by atoms with van der Waals surface area (Å²) in [4.78, 5) is 33.1. The van der Waals surface area contributed by atoms with Gasteiger partial charge in [-0.2, -0.15) is 0 Å². The van der Waals surface area contributed by atoms with Crippen molar-refractivity contribution in [2.45, 2.75) is 25.9 Å². The third-order valence-corrected chi connectivity index (χ3v) is 5.76. The van der Waals surface area contributed by atoms with E-state index in [1.54, 1.807) is 35.4 Å². The Labute approximate surface area is 178 Å². The molecule has 5 nitrogen and oxygen atoms in total. The van der Waals surface area contributed by atoms with Crippen LogP contribution in [-0.2, 0) is 13.0 Å². The van der Waals surface area contributed by atoms with Crippen molar-refractivity contribution >= 4 is 22.6 Å². The molecule has 1 aliphatic rings. The van der Waals surface area contributed by atoms with Crippen molar-refractivity contribution in [2.75, 3.05) is 4.90 Å². The maximum atomic E-state index is 13.6. The smallest absolute Gasteiger partial charge is 0.265 e. The molecule has 31 heavy (non-hydrogen) atoms. The second-order valence-corrected chi connectivity index (χ2v) is 7.85. The number of aromatic nitrogens is 2. The van der Waals surface area contributed by atoms with Crippen LogP contribution in [-0.4, -0.2) is 21.5 Å². The Bertz CT molecular complexity index is 1360. The lowest BCUT2D eigenvalue weighted by atomic mass is 10.1. The largest absolute Gasteiger partial charge is 0.305 e. The Kier molecular flexibility index (Phi) is 4.62. The van der Waals surface area contributed by atoms with E-state index in [1.807, 2.05) is 37.3 Å². The van der Waals surface area contributed by atoms with E-state index in [1.165, 1.54) is 16.7 Å². The molecular formula is C25H20FN3O2. The number of benzene rings is 2. The molecule has 1 amide bonds. The summed E-state index contributed by atoms with van der Waals surface area (Å²) in [6.07, 6.45) is 2.37. The summed E-state index contributed by atoms with van der Waals surface area (Å²) in [6.45, 7) is 2.18. The minimum absolute atomic E-state index is 0.0422. The van der Waals surface area contributed by atoms with E-state index in [0.29, 0.717) is 11.0 Å². The van der Waals surface area contributed by atoms with Gasteiger partial charge in [0, 0.05) is 23.3 Å². The highest BCUT2D eigenvalue weighted by Gasteiger charge is 2.33. The predicted molar refractivity (Wildman–Crippen MR) is 118 cm³/mol. The Morgan fingerprint density at radius 3 is 2.68 bits per heavy atom. The lowest BCUT2D eigenvalue weighted by Gasteiger charge is -2.23. The van der Waals surface area contributed by atoms with Gasteiger partial charge < -0.3 is 4.90 Å². The number of amides is 1. The number of anilines is 1. The second-order valence-electron chi connectivity index (χ2n) is 7.85. The highest BCUT2D eigenvalue weighted by atomic mass is 19.1. The van der Waals surface area contributed by atoms with Crippen LogP contribution in [0.25, 0.3) is 11.0 Å². The number of halogens is 1. The zero-order chi connectivity index (χ0) is 21.5. The van der Waals surface area contributed by atoms with Crippen LogP contribution >= 0.6 is 0 Å². The van der Waals surface area contributed by atoms with Gasteiger partial charge in [-0.25, -0.2) is 9.37 Å². The summed E-state index contributed by atoms with van der Waals surface area (Å²) >= 11 is 0. The monoisotopic (exact) mass is 413 g/mol. The molecule has 0 unspecified atom stereocenters. The molecule has 154 valence electrons. The van der Waals surface area contributed by atoms with Crippen molar-refractivity contribution < 1.29 is 9.18 Å². The van der Waals surface area contributed by atoms with Gasteiger partial charge in [0.2, 0.25) is 0 Å². The zero-order valence-corrected chi connectivity index (χ0v) is 17.0. The van der Waals surface area contributed by atoms with Gasteiger partial charge >= 0.3 is 0 Å². The molecule has 1 atom stereocenters. The third-order valence-electron chi connectivity index (χ3n) is 5.76. The van der Waals surface area contributed by atoms with Gasteiger partial charge in [0.05, 0.1) is 6.54 Å². The van der Waals surface area contributed by atoms with Crippen LogP contribution in [0, 0.1) is 5.82 Å². The fourth-order valence-electron chi connectivity index (χ4n) is 4.28. The molecular weight excluding hydrogens is 393 g/mol. The van der Waals surface area contributed by atoms with Gasteiger partial charge in [0.15, 0.2) is 0 Å². The number of rotatable bonds is 3. The number of carbonyl (C=O) groups is 1. The number of pyridine rings is 2. The quantitative estimate of drug-likeness (QED) is 0.506.